The van der Waals surface area contributed by atoms with E-state index < -0.39 is 0 Å². The maximum Gasteiger partial charge on any atom is 0.136 e. The summed E-state index contributed by atoms with van der Waals surface area (Å²) in [5.74, 6) is 0. The third-order valence-corrected chi connectivity index (χ3v) is 12.6. The van der Waals surface area contributed by atoms with Crippen molar-refractivity contribution >= 4 is 96.5 Å². The summed E-state index contributed by atoms with van der Waals surface area (Å²) in [6.45, 7) is 0. The van der Waals surface area contributed by atoms with Crippen LogP contribution in [0.25, 0.3) is 119 Å². The third kappa shape index (κ3) is 4.26. The summed E-state index contributed by atoms with van der Waals surface area (Å²) in [7, 11) is 0. The molecule has 0 aliphatic heterocycles. The van der Waals surface area contributed by atoms with Crippen LogP contribution in [0.2, 0.25) is 0 Å². The molecule has 0 aliphatic carbocycles. The van der Waals surface area contributed by atoms with E-state index in [0.29, 0.717) is 0 Å². The van der Waals surface area contributed by atoms with Gasteiger partial charge in [0.1, 0.15) is 11.2 Å². The maximum absolute atomic E-state index is 6.23. The molecule has 54 heavy (non-hydrogen) atoms. The van der Waals surface area contributed by atoms with Gasteiger partial charge in [-0.3, -0.25) is 0 Å². The van der Waals surface area contributed by atoms with Crippen LogP contribution in [0.1, 0.15) is 0 Å². The van der Waals surface area contributed by atoms with Crippen molar-refractivity contribution in [1.82, 2.24) is 0 Å². The van der Waals surface area contributed by atoms with Crippen molar-refractivity contribution < 1.29 is 4.42 Å². The van der Waals surface area contributed by atoms with Gasteiger partial charge in [0.2, 0.25) is 0 Å². The highest BCUT2D eigenvalue weighted by atomic mass is 32.1. The summed E-state index contributed by atoms with van der Waals surface area (Å²) >= 11 is 1.89. The smallest absolute Gasteiger partial charge is 0.136 e. The molecule has 0 fully saturated rings. The first-order valence-electron chi connectivity index (χ1n) is 18.5. The van der Waals surface area contributed by atoms with Crippen LogP contribution in [-0.2, 0) is 0 Å². The minimum Gasteiger partial charge on any atom is -0.456 e. The molecule has 0 saturated carbocycles. The lowest BCUT2D eigenvalue weighted by molar-refractivity contribution is 0.669. The quantitative estimate of drug-likeness (QED) is 0.167. The average molecular weight is 703 g/mol. The van der Waals surface area contributed by atoms with E-state index in [1.165, 1.54) is 102 Å². The molecule has 2 aromatic heterocycles. The Hall–Kier alpha value is -6.74. The van der Waals surface area contributed by atoms with E-state index in [1.54, 1.807) is 0 Å². The van der Waals surface area contributed by atoms with Gasteiger partial charge in [-0.2, -0.15) is 0 Å². The van der Waals surface area contributed by atoms with Crippen LogP contribution in [-0.4, -0.2) is 0 Å². The van der Waals surface area contributed by atoms with Gasteiger partial charge in [0.25, 0.3) is 0 Å². The van der Waals surface area contributed by atoms with Crippen molar-refractivity contribution in [3.8, 4) is 33.4 Å². The normalized spacial score (nSPS) is 12.1. The monoisotopic (exact) mass is 702 g/mol. The molecule has 1 nitrogen and oxygen atoms in total. The Morgan fingerprint density at radius 1 is 0.315 bits per heavy atom. The van der Waals surface area contributed by atoms with E-state index >= 15 is 0 Å². The van der Waals surface area contributed by atoms with Gasteiger partial charge in [-0.25, -0.2) is 0 Å². The predicted molar refractivity (Wildman–Crippen MR) is 233 cm³/mol. The van der Waals surface area contributed by atoms with Crippen LogP contribution in [0.5, 0.6) is 0 Å². The molecule has 12 rings (SSSR count). The van der Waals surface area contributed by atoms with Crippen molar-refractivity contribution in [2.45, 2.75) is 0 Å². The lowest BCUT2D eigenvalue weighted by atomic mass is 9.84. The molecule has 2 heteroatoms. The van der Waals surface area contributed by atoms with Gasteiger partial charge in [-0.15, -0.1) is 11.3 Å². The van der Waals surface area contributed by atoms with Crippen molar-refractivity contribution in [2.24, 2.45) is 0 Å². The Labute approximate surface area is 314 Å². The molecular formula is C52H30OS. The SMILES string of the molecule is c1ccc2c(-c3c4ccccc4c(-c4ccc5c(c4)sc4cc(-c6cccc7c6ccc6oc8ccccc8c67)ccc45)c4ccccc34)cccc2c1. The lowest BCUT2D eigenvalue weighted by Crippen LogP contribution is -1.91. The second kappa shape index (κ2) is 11.4. The molecule has 10 aromatic carbocycles. The van der Waals surface area contributed by atoms with Gasteiger partial charge < -0.3 is 4.42 Å². The number of hydrogen-bond donors (Lipinski definition) is 0. The molecule has 0 N–H and O–H groups in total. The fourth-order valence-electron chi connectivity index (χ4n) is 9.11. The summed E-state index contributed by atoms with van der Waals surface area (Å²) < 4.78 is 8.83. The highest BCUT2D eigenvalue weighted by molar-refractivity contribution is 7.25. The summed E-state index contributed by atoms with van der Waals surface area (Å²) in [6.07, 6.45) is 0. The second-order valence-corrected chi connectivity index (χ2v) is 15.4. The van der Waals surface area contributed by atoms with Crippen molar-refractivity contribution in [3.05, 3.63) is 182 Å². The van der Waals surface area contributed by atoms with Gasteiger partial charge in [-0.05, 0) is 101 Å². The van der Waals surface area contributed by atoms with Crippen LogP contribution >= 0.6 is 11.3 Å². The summed E-state index contributed by atoms with van der Waals surface area (Å²) in [5.41, 5.74) is 9.44. The number of fused-ring (bicyclic) bond motifs is 11. The van der Waals surface area contributed by atoms with Crippen LogP contribution in [0.4, 0.5) is 0 Å². The first-order valence-corrected chi connectivity index (χ1v) is 19.3. The molecule has 0 saturated heterocycles. The molecule has 0 atom stereocenters. The Kier molecular flexibility index (Phi) is 6.28. The highest BCUT2D eigenvalue weighted by Crippen LogP contribution is 2.47. The van der Waals surface area contributed by atoms with Crippen LogP contribution < -0.4 is 0 Å². The molecule has 12 aromatic rings. The lowest BCUT2D eigenvalue weighted by Gasteiger charge is -2.18. The molecular weight excluding hydrogens is 673 g/mol. The zero-order chi connectivity index (χ0) is 35.3. The first-order chi connectivity index (χ1) is 26.8. The molecule has 250 valence electrons. The highest BCUT2D eigenvalue weighted by Gasteiger charge is 2.19. The minimum atomic E-state index is 0.929. The van der Waals surface area contributed by atoms with E-state index in [9.17, 15) is 0 Å². The summed E-state index contributed by atoms with van der Waals surface area (Å²) in [4.78, 5) is 0. The van der Waals surface area contributed by atoms with E-state index in [4.69, 9.17) is 4.42 Å². The molecule has 2 heterocycles. The van der Waals surface area contributed by atoms with Crippen LogP contribution in [0.15, 0.2) is 186 Å². The van der Waals surface area contributed by atoms with Gasteiger partial charge >= 0.3 is 0 Å². The van der Waals surface area contributed by atoms with E-state index in [2.05, 4.69) is 176 Å². The van der Waals surface area contributed by atoms with E-state index in [1.807, 2.05) is 17.4 Å². The number of benzene rings is 10. The van der Waals surface area contributed by atoms with Crippen molar-refractivity contribution in [2.75, 3.05) is 0 Å². The molecule has 0 bridgehead atoms. The molecule has 0 unspecified atom stereocenters. The van der Waals surface area contributed by atoms with Crippen molar-refractivity contribution in [3.63, 3.8) is 0 Å². The topological polar surface area (TPSA) is 13.1 Å². The van der Waals surface area contributed by atoms with Gasteiger partial charge in [0.05, 0.1) is 0 Å². The third-order valence-electron chi connectivity index (χ3n) is 11.5. The molecule has 0 spiro atoms. The molecule has 0 amide bonds. The van der Waals surface area contributed by atoms with Gasteiger partial charge in [0, 0.05) is 30.9 Å². The summed E-state index contributed by atoms with van der Waals surface area (Å²) in [5, 5.41) is 15.1. The first kappa shape index (κ1) is 29.8. The number of thiophene rings is 1. The number of furan rings is 1. The van der Waals surface area contributed by atoms with E-state index in [0.717, 1.165) is 16.6 Å². The Morgan fingerprint density at radius 3 is 1.61 bits per heavy atom. The van der Waals surface area contributed by atoms with Crippen LogP contribution in [0.3, 0.4) is 0 Å². The Bertz CT molecular complexity index is 3450. The number of rotatable bonds is 3. The second-order valence-electron chi connectivity index (χ2n) is 14.3. The largest absolute Gasteiger partial charge is 0.456 e. The zero-order valence-corrected chi connectivity index (χ0v) is 30.0. The Balaban J connectivity index is 1.04. The fraction of sp³-hybridized carbons (Fsp3) is 0. The maximum atomic E-state index is 6.23. The molecule has 0 aliphatic rings. The molecule has 0 radical (unpaired) electrons. The minimum absolute atomic E-state index is 0.929. The van der Waals surface area contributed by atoms with Crippen LogP contribution in [0, 0.1) is 0 Å². The van der Waals surface area contributed by atoms with Gasteiger partial charge in [-0.1, -0.05) is 158 Å². The van der Waals surface area contributed by atoms with Crippen molar-refractivity contribution in [1.29, 1.82) is 0 Å². The standard InChI is InChI=1S/C52H30OS/c1-2-13-34-31(11-1)12-9-20-39(34)51-43-16-5-3-14-41(43)50(42-15-4-6-17-44(42)51)33-24-26-38-37-25-23-32(29-48(37)54-49(38)30-33)35-19-10-21-40-36(35)27-28-47-52(40)45-18-7-8-22-46(45)53-47/h1-30H. The number of hydrogen-bond acceptors (Lipinski definition) is 2. The van der Waals surface area contributed by atoms with Gasteiger partial charge in [0.15, 0.2) is 0 Å². The summed E-state index contributed by atoms with van der Waals surface area (Å²) in [6, 6.07) is 66.8. The predicted octanol–water partition coefficient (Wildman–Crippen LogP) is 15.6. The number of para-hydroxylation sites is 1. The average Bonchev–Trinajstić information content (AvgIpc) is 3.80. The Morgan fingerprint density at radius 2 is 0.852 bits per heavy atom. The zero-order valence-electron chi connectivity index (χ0n) is 29.1. The van der Waals surface area contributed by atoms with E-state index in [-0.39, 0.29) is 0 Å². The fourth-order valence-corrected chi connectivity index (χ4v) is 10.3.